The van der Waals surface area contributed by atoms with Crippen LogP contribution in [-0.2, 0) is 9.47 Å². The maximum atomic E-state index is 11.1. The minimum Gasteiger partial charge on any atom is -0.394 e. The second-order valence-corrected chi connectivity index (χ2v) is 10.4. The lowest BCUT2D eigenvalue weighted by Gasteiger charge is -2.43. The van der Waals surface area contributed by atoms with Crippen molar-refractivity contribution in [1.82, 2.24) is 29.9 Å². The van der Waals surface area contributed by atoms with E-state index in [1.807, 2.05) is 12.1 Å². The minimum absolute atomic E-state index is 0.404. The van der Waals surface area contributed by atoms with E-state index in [2.05, 4.69) is 25.3 Å². The fourth-order valence-electron chi connectivity index (χ4n) is 4.01. The van der Waals surface area contributed by atoms with Crippen LogP contribution in [0, 0.1) is 0 Å². The van der Waals surface area contributed by atoms with Crippen LogP contribution in [0.3, 0.4) is 0 Å². The molecule has 11 nitrogen and oxygen atoms in total. The molecule has 5 rings (SSSR count). The van der Waals surface area contributed by atoms with Gasteiger partial charge in [-0.1, -0.05) is 28.6 Å². The van der Waals surface area contributed by atoms with Gasteiger partial charge in [0.2, 0.25) is 0 Å². The van der Waals surface area contributed by atoms with Crippen molar-refractivity contribution < 1.29 is 19.7 Å². The number of anilines is 1. The second-order valence-electron chi connectivity index (χ2n) is 7.92. The molecule has 14 heteroatoms. The number of hydrogen-bond donors (Lipinski definition) is 3. The van der Waals surface area contributed by atoms with Gasteiger partial charge in [0.05, 0.1) is 23.5 Å². The standard InChI is InChI=1S/C22H22ClN7O4S2/c1-33-20-18(30-8-13(28-29-30)14-10-35-22(24)27-14)19(32)15(9-31)34-21(20)36-16-5-12(23)7-26-17(16)11-3-2-4-25-6-11/h2-8,10,15,18-21,31-32H,9H2,1H3,(H2,24,27)/t15?,18?,19-,20?,21+/m0/s1. The van der Waals surface area contributed by atoms with Crippen molar-refractivity contribution in [2.45, 2.75) is 34.7 Å². The molecule has 3 unspecified atom stereocenters. The molecule has 1 aliphatic heterocycles. The van der Waals surface area contributed by atoms with E-state index in [1.165, 1.54) is 34.9 Å². The Hall–Kier alpha value is -2.65. The first kappa shape index (κ1) is 25.0. The largest absolute Gasteiger partial charge is 0.394 e. The number of rotatable bonds is 7. The molecule has 0 bridgehead atoms. The summed E-state index contributed by atoms with van der Waals surface area (Å²) in [6.45, 7) is -0.404. The van der Waals surface area contributed by atoms with Crippen LogP contribution in [0.5, 0.6) is 0 Å². The van der Waals surface area contributed by atoms with Gasteiger partial charge in [-0.25, -0.2) is 9.67 Å². The van der Waals surface area contributed by atoms with Gasteiger partial charge in [0.1, 0.15) is 41.2 Å². The van der Waals surface area contributed by atoms with Crippen LogP contribution in [0.15, 0.2) is 53.3 Å². The van der Waals surface area contributed by atoms with Gasteiger partial charge in [-0.2, -0.15) is 0 Å². The Morgan fingerprint density at radius 3 is 2.89 bits per heavy atom. The molecule has 0 amide bonds. The Balaban J connectivity index is 1.49. The number of aliphatic hydroxyl groups excluding tert-OH is 2. The van der Waals surface area contributed by atoms with Gasteiger partial charge in [-0.05, 0) is 18.2 Å². The van der Waals surface area contributed by atoms with Gasteiger partial charge in [0.25, 0.3) is 0 Å². The van der Waals surface area contributed by atoms with Crippen molar-refractivity contribution in [2.75, 3.05) is 19.5 Å². The molecule has 0 radical (unpaired) electrons. The van der Waals surface area contributed by atoms with Gasteiger partial charge in [-0.15, -0.1) is 16.4 Å². The van der Waals surface area contributed by atoms with Crippen LogP contribution in [0.4, 0.5) is 5.13 Å². The van der Waals surface area contributed by atoms with Gasteiger partial charge >= 0.3 is 0 Å². The van der Waals surface area contributed by atoms with Crippen LogP contribution in [0.2, 0.25) is 5.02 Å². The molecular formula is C22H22ClN7O4S2. The molecule has 1 fully saturated rings. The number of methoxy groups -OCH3 is 1. The molecule has 0 spiro atoms. The maximum Gasteiger partial charge on any atom is 0.180 e. The van der Waals surface area contributed by atoms with Crippen molar-refractivity contribution in [3.05, 3.63) is 53.4 Å². The first-order valence-electron chi connectivity index (χ1n) is 10.8. The van der Waals surface area contributed by atoms with E-state index in [1.54, 1.807) is 36.2 Å². The van der Waals surface area contributed by atoms with Gasteiger partial charge in [0, 0.05) is 41.5 Å². The summed E-state index contributed by atoms with van der Waals surface area (Å²) in [6.07, 6.45) is 3.93. The highest BCUT2D eigenvalue weighted by Gasteiger charge is 2.47. The van der Waals surface area contributed by atoms with E-state index in [-0.39, 0.29) is 0 Å². The first-order chi connectivity index (χ1) is 17.5. The summed E-state index contributed by atoms with van der Waals surface area (Å²) in [4.78, 5) is 13.7. The number of aliphatic hydroxyl groups is 2. The normalized spacial score (nSPS) is 24.2. The van der Waals surface area contributed by atoms with Gasteiger partial charge in [0.15, 0.2) is 5.13 Å². The van der Waals surface area contributed by atoms with Crippen molar-refractivity contribution >= 4 is 39.8 Å². The van der Waals surface area contributed by atoms with Crippen LogP contribution in [0.25, 0.3) is 22.6 Å². The zero-order valence-electron chi connectivity index (χ0n) is 18.9. The van der Waals surface area contributed by atoms with E-state index < -0.39 is 36.4 Å². The van der Waals surface area contributed by atoms with Crippen LogP contribution in [0.1, 0.15) is 6.04 Å². The topological polar surface area (TPSA) is 154 Å². The number of ether oxygens (including phenoxy) is 2. The third kappa shape index (κ3) is 4.95. The average molecular weight is 548 g/mol. The third-order valence-corrected chi connectivity index (χ3v) is 7.75. The zero-order chi connectivity index (χ0) is 25.2. The molecule has 188 valence electrons. The smallest absolute Gasteiger partial charge is 0.180 e. The highest BCUT2D eigenvalue weighted by Crippen LogP contribution is 2.42. The lowest BCUT2D eigenvalue weighted by Crippen LogP contribution is -2.55. The number of pyridine rings is 2. The first-order valence-corrected chi connectivity index (χ1v) is 12.9. The molecule has 36 heavy (non-hydrogen) atoms. The Morgan fingerprint density at radius 2 is 2.19 bits per heavy atom. The fraction of sp³-hybridized carbons (Fsp3) is 0.318. The quantitative estimate of drug-likeness (QED) is 0.312. The highest BCUT2D eigenvalue weighted by atomic mass is 35.5. The van der Waals surface area contributed by atoms with E-state index in [0.717, 1.165) is 10.5 Å². The zero-order valence-corrected chi connectivity index (χ0v) is 21.3. The van der Waals surface area contributed by atoms with E-state index in [9.17, 15) is 10.2 Å². The molecule has 0 aromatic carbocycles. The number of hydrogen-bond acceptors (Lipinski definition) is 12. The number of nitrogens with zero attached hydrogens (tertiary/aromatic N) is 6. The van der Waals surface area contributed by atoms with Crippen molar-refractivity contribution in [3.8, 4) is 22.6 Å². The summed E-state index contributed by atoms with van der Waals surface area (Å²) in [6, 6.07) is 4.78. The summed E-state index contributed by atoms with van der Waals surface area (Å²) in [5.41, 5.74) is 7.65. The number of aromatic nitrogens is 6. The summed E-state index contributed by atoms with van der Waals surface area (Å²) in [5, 5.41) is 32.1. The molecule has 1 aliphatic rings. The summed E-state index contributed by atoms with van der Waals surface area (Å²) < 4.78 is 13.4. The van der Waals surface area contributed by atoms with Crippen molar-refractivity contribution in [2.24, 2.45) is 0 Å². The molecule has 1 saturated heterocycles. The second kappa shape index (κ2) is 10.8. The Labute approximate surface area is 219 Å². The number of nitrogens with two attached hydrogens (primary N) is 1. The SMILES string of the molecule is COC1C(n2cc(-c3csc(N)n3)nn2)[C@@H](O)C(CO)O[C@@H]1Sc1cc(Cl)cnc1-c1cccnc1. The molecule has 4 N–H and O–H groups in total. The van der Waals surface area contributed by atoms with Crippen molar-refractivity contribution in [3.63, 3.8) is 0 Å². The number of halogens is 1. The number of thiazole rings is 1. The van der Waals surface area contributed by atoms with Crippen LogP contribution >= 0.6 is 34.7 Å². The molecule has 0 aliphatic carbocycles. The predicted octanol–water partition coefficient (Wildman–Crippen LogP) is 2.52. The molecule has 5 heterocycles. The van der Waals surface area contributed by atoms with Crippen LogP contribution < -0.4 is 5.73 Å². The lowest BCUT2D eigenvalue weighted by molar-refractivity contribution is -0.186. The highest BCUT2D eigenvalue weighted by molar-refractivity contribution is 8.00. The Morgan fingerprint density at radius 1 is 1.33 bits per heavy atom. The number of nitrogen functional groups attached to an aromatic ring is 1. The Bertz CT molecular complexity index is 1320. The summed E-state index contributed by atoms with van der Waals surface area (Å²) >= 11 is 8.90. The molecule has 4 aromatic heterocycles. The van der Waals surface area contributed by atoms with Crippen molar-refractivity contribution in [1.29, 1.82) is 0 Å². The monoisotopic (exact) mass is 547 g/mol. The molecular weight excluding hydrogens is 526 g/mol. The number of thioether (sulfide) groups is 1. The predicted molar refractivity (Wildman–Crippen MR) is 135 cm³/mol. The third-order valence-electron chi connectivity index (χ3n) is 5.69. The average Bonchev–Trinajstić information content (AvgIpc) is 3.54. The van der Waals surface area contributed by atoms with Crippen LogP contribution in [-0.4, -0.2) is 77.6 Å². The van der Waals surface area contributed by atoms with E-state index in [0.29, 0.717) is 27.2 Å². The molecule has 5 atom stereocenters. The van der Waals surface area contributed by atoms with Gasteiger partial charge < -0.3 is 25.4 Å². The molecule has 0 saturated carbocycles. The Kier molecular flexibility index (Phi) is 7.48. The summed E-state index contributed by atoms with van der Waals surface area (Å²) in [7, 11) is 1.53. The lowest BCUT2D eigenvalue weighted by atomic mass is 9.97. The van der Waals surface area contributed by atoms with E-state index in [4.69, 9.17) is 26.8 Å². The molecule has 4 aromatic rings. The fourth-order valence-corrected chi connectivity index (χ4v) is 6.12. The maximum absolute atomic E-state index is 11.1. The van der Waals surface area contributed by atoms with Gasteiger partial charge in [-0.3, -0.25) is 9.97 Å². The summed E-state index contributed by atoms with van der Waals surface area (Å²) in [5.74, 6) is 0. The minimum atomic E-state index is -1.12. The van der Waals surface area contributed by atoms with E-state index >= 15 is 0 Å².